The van der Waals surface area contributed by atoms with Crippen LogP contribution in [0.1, 0.15) is 12.7 Å². The van der Waals surface area contributed by atoms with Crippen molar-refractivity contribution < 1.29 is 8.95 Å². The second-order valence-electron chi connectivity index (χ2n) is 3.60. The van der Waals surface area contributed by atoms with Crippen LogP contribution < -0.4 is 10.6 Å². The highest BCUT2D eigenvalue weighted by molar-refractivity contribution is 7.84. The highest BCUT2D eigenvalue weighted by Crippen LogP contribution is 2.11. The van der Waals surface area contributed by atoms with Gasteiger partial charge in [-0.15, -0.1) is 0 Å². The number of aromatic nitrogens is 2. The average molecular weight is 272 g/mol. The van der Waals surface area contributed by atoms with Crippen LogP contribution in [0.25, 0.3) is 0 Å². The van der Waals surface area contributed by atoms with Crippen LogP contribution >= 0.6 is 0 Å². The third-order valence-electron chi connectivity index (χ3n) is 2.26. The maximum Gasteiger partial charge on any atom is 0.158 e. The van der Waals surface area contributed by atoms with Crippen molar-refractivity contribution in [3.8, 4) is 0 Å². The smallest absolute Gasteiger partial charge is 0.158 e. The largest absolute Gasteiger partial charge is 0.377 e. The van der Waals surface area contributed by atoms with Crippen LogP contribution in [0.3, 0.4) is 0 Å². The van der Waals surface area contributed by atoms with Crippen LogP contribution in [0.15, 0.2) is 6.07 Å². The van der Waals surface area contributed by atoms with Gasteiger partial charge >= 0.3 is 0 Å². The summed E-state index contributed by atoms with van der Waals surface area (Å²) in [5, 5.41) is 6.11. The fourth-order valence-electron chi connectivity index (χ4n) is 1.35. The molecule has 2 N–H and O–H groups in total. The van der Waals surface area contributed by atoms with Crippen molar-refractivity contribution in [2.24, 2.45) is 0 Å². The number of hydrogen-bond donors (Lipinski definition) is 2. The molecule has 0 aliphatic rings. The number of methoxy groups -OCH3 is 1. The first-order valence-corrected chi connectivity index (χ1v) is 7.31. The summed E-state index contributed by atoms with van der Waals surface area (Å²) in [6.45, 7) is 2.91. The van der Waals surface area contributed by atoms with Gasteiger partial charge in [0.15, 0.2) is 5.82 Å². The molecule has 0 aromatic carbocycles. The minimum Gasteiger partial charge on any atom is -0.377 e. The van der Waals surface area contributed by atoms with Crippen molar-refractivity contribution in [1.29, 1.82) is 0 Å². The number of nitrogens with one attached hydrogen (secondary N) is 2. The van der Waals surface area contributed by atoms with Gasteiger partial charge in [-0.05, 0) is 0 Å². The van der Waals surface area contributed by atoms with E-state index in [0.717, 1.165) is 11.6 Å². The van der Waals surface area contributed by atoms with Crippen molar-refractivity contribution in [3.05, 3.63) is 11.9 Å². The lowest BCUT2D eigenvalue weighted by molar-refractivity contribution is 0.178. The fourth-order valence-corrected chi connectivity index (χ4v) is 1.97. The van der Waals surface area contributed by atoms with Crippen LogP contribution in [0.4, 0.5) is 11.6 Å². The Morgan fingerprint density at radius 2 is 2.11 bits per heavy atom. The zero-order valence-corrected chi connectivity index (χ0v) is 11.8. The van der Waals surface area contributed by atoms with Gasteiger partial charge in [-0.3, -0.25) is 4.21 Å². The highest BCUT2D eigenvalue weighted by Gasteiger charge is 2.04. The summed E-state index contributed by atoms with van der Waals surface area (Å²) in [5.74, 6) is 3.37. The Labute approximate surface area is 110 Å². The maximum absolute atomic E-state index is 11.3. The van der Waals surface area contributed by atoms with Crippen LogP contribution in [0, 0.1) is 0 Å². The van der Waals surface area contributed by atoms with Gasteiger partial charge in [0.1, 0.15) is 18.2 Å². The molecule has 1 heterocycles. The van der Waals surface area contributed by atoms with Crippen LogP contribution in [-0.4, -0.2) is 46.4 Å². The normalized spacial score (nSPS) is 12.2. The maximum atomic E-state index is 11.3. The van der Waals surface area contributed by atoms with E-state index in [9.17, 15) is 4.21 Å². The Morgan fingerprint density at radius 1 is 1.39 bits per heavy atom. The van der Waals surface area contributed by atoms with Crippen molar-refractivity contribution >= 4 is 22.4 Å². The van der Waals surface area contributed by atoms with Crippen molar-refractivity contribution in [3.63, 3.8) is 0 Å². The van der Waals surface area contributed by atoms with E-state index in [1.165, 1.54) is 0 Å². The van der Waals surface area contributed by atoms with E-state index < -0.39 is 10.8 Å². The number of anilines is 2. The van der Waals surface area contributed by atoms with E-state index in [0.29, 0.717) is 30.5 Å². The first-order chi connectivity index (χ1) is 8.69. The third kappa shape index (κ3) is 4.97. The van der Waals surface area contributed by atoms with E-state index in [-0.39, 0.29) is 0 Å². The number of hydrogen-bond acceptors (Lipinski definition) is 6. The Kier molecular flexibility index (Phi) is 6.59. The first-order valence-electron chi connectivity index (χ1n) is 5.83. The van der Waals surface area contributed by atoms with Gasteiger partial charge in [-0.25, -0.2) is 9.97 Å². The molecule has 0 fully saturated rings. The fraction of sp³-hybridized carbons (Fsp3) is 0.636. The quantitative estimate of drug-likeness (QED) is 0.730. The first kappa shape index (κ1) is 14.8. The molecule has 1 unspecified atom stereocenters. The molecule has 0 amide bonds. The predicted octanol–water partition coefficient (Wildman–Crippen LogP) is 0.845. The molecule has 7 heteroatoms. The molecule has 0 saturated carbocycles. The molecular weight excluding hydrogens is 252 g/mol. The van der Waals surface area contributed by atoms with E-state index in [1.807, 2.05) is 13.0 Å². The summed E-state index contributed by atoms with van der Waals surface area (Å²) >= 11 is 0. The lowest BCUT2D eigenvalue weighted by atomic mass is 10.4. The Bertz CT molecular complexity index is 401. The Morgan fingerprint density at radius 3 is 2.72 bits per heavy atom. The Hall–Kier alpha value is -1.21. The standard InChI is InChI=1S/C11H20N4O2S/c1-4-18(16)6-5-13-10-7-9(12-2)14-11(15-10)8-17-3/h7H,4-6,8H2,1-3H3,(H2,12,13,14,15). The van der Waals surface area contributed by atoms with Crippen molar-refractivity contribution in [1.82, 2.24) is 9.97 Å². The number of ether oxygens (including phenoxy) is 1. The molecule has 0 bridgehead atoms. The molecule has 1 aromatic rings. The number of rotatable bonds is 8. The second kappa shape index (κ2) is 7.99. The number of nitrogens with zero attached hydrogens (tertiary/aromatic N) is 2. The lowest BCUT2D eigenvalue weighted by Crippen LogP contribution is -2.14. The summed E-state index contributed by atoms with van der Waals surface area (Å²) < 4.78 is 16.3. The van der Waals surface area contributed by atoms with Gasteiger partial charge in [0.2, 0.25) is 0 Å². The molecular formula is C11H20N4O2S. The molecule has 1 rings (SSSR count). The second-order valence-corrected chi connectivity index (χ2v) is 5.46. The molecule has 1 aromatic heterocycles. The molecule has 0 aliphatic carbocycles. The van der Waals surface area contributed by atoms with Crippen molar-refractivity contribution in [2.75, 3.05) is 42.8 Å². The molecule has 0 spiro atoms. The highest BCUT2D eigenvalue weighted by atomic mass is 32.2. The molecule has 102 valence electrons. The third-order valence-corrected chi connectivity index (χ3v) is 3.56. The monoisotopic (exact) mass is 272 g/mol. The van der Waals surface area contributed by atoms with Crippen LogP contribution in [0.2, 0.25) is 0 Å². The zero-order valence-electron chi connectivity index (χ0n) is 11.0. The van der Waals surface area contributed by atoms with Gasteiger partial charge in [-0.1, -0.05) is 6.92 Å². The topological polar surface area (TPSA) is 76.1 Å². The lowest BCUT2D eigenvalue weighted by Gasteiger charge is -2.09. The van der Waals surface area contributed by atoms with E-state index in [1.54, 1.807) is 14.2 Å². The van der Waals surface area contributed by atoms with Gasteiger partial charge in [0.05, 0.1) is 0 Å². The molecule has 0 saturated heterocycles. The summed E-state index contributed by atoms with van der Waals surface area (Å²) in [5.41, 5.74) is 0. The molecule has 18 heavy (non-hydrogen) atoms. The molecule has 0 radical (unpaired) electrons. The molecule has 0 aliphatic heterocycles. The van der Waals surface area contributed by atoms with Crippen LogP contribution in [-0.2, 0) is 22.1 Å². The summed E-state index contributed by atoms with van der Waals surface area (Å²) in [6, 6.07) is 1.81. The SMILES string of the molecule is CCS(=O)CCNc1cc(NC)nc(COC)n1. The molecule has 6 nitrogen and oxygen atoms in total. The van der Waals surface area contributed by atoms with Gasteiger partial charge in [0, 0.05) is 49.1 Å². The van der Waals surface area contributed by atoms with Crippen molar-refractivity contribution in [2.45, 2.75) is 13.5 Å². The minimum absolute atomic E-state index is 0.366. The van der Waals surface area contributed by atoms with E-state index in [4.69, 9.17) is 4.74 Å². The summed E-state index contributed by atoms with van der Waals surface area (Å²) in [7, 11) is 2.64. The van der Waals surface area contributed by atoms with Crippen LogP contribution in [0.5, 0.6) is 0 Å². The Balaban J connectivity index is 2.63. The minimum atomic E-state index is -0.763. The van der Waals surface area contributed by atoms with E-state index in [2.05, 4.69) is 20.6 Å². The van der Waals surface area contributed by atoms with Gasteiger partial charge < -0.3 is 15.4 Å². The van der Waals surface area contributed by atoms with E-state index >= 15 is 0 Å². The van der Waals surface area contributed by atoms with Gasteiger partial charge in [0.25, 0.3) is 0 Å². The van der Waals surface area contributed by atoms with Gasteiger partial charge in [-0.2, -0.15) is 0 Å². The average Bonchev–Trinajstić information content (AvgIpc) is 2.38. The molecule has 1 atom stereocenters. The zero-order chi connectivity index (χ0) is 13.4. The summed E-state index contributed by atoms with van der Waals surface area (Å²) in [6.07, 6.45) is 0. The summed E-state index contributed by atoms with van der Waals surface area (Å²) in [4.78, 5) is 8.56. The predicted molar refractivity (Wildman–Crippen MR) is 74.3 cm³/mol.